The molecule has 21 heavy (non-hydrogen) atoms. The first-order valence-corrected chi connectivity index (χ1v) is 7.10. The third kappa shape index (κ3) is 1.91. The van der Waals surface area contributed by atoms with Gasteiger partial charge in [0.25, 0.3) is 0 Å². The Morgan fingerprint density at radius 2 is 2.00 bits per heavy atom. The van der Waals surface area contributed by atoms with Gasteiger partial charge in [-0.2, -0.15) is 0 Å². The number of hydrogen-bond acceptors (Lipinski definition) is 3. The molecule has 3 heterocycles. The van der Waals surface area contributed by atoms with E-state index in [1.54, 1.807) is 12.4 Å². The van der Waals surface area contributed by atoms with Gasteiger partial charge in [-0.3, -0.25) is 8.97 Å². The van der Waals surface area contributed by atoms with Gasteiger partial charge >= 0.3 is 0 Å². The first-order valence-electron chi connectivity index (χ1n) is 7.10. The Morgan fingerprint density at radius 3 is 2.76 bits per heavy atom. The Labute approximate surface area is 119 Å². The van der Waals surface area contributed by atoms with E-state index < -0.39 is 5.92 Å². The third-order valence-electron chi connectivity index (χ3n) is 4.25. The molecule has 0 atom stereocenters. The lowest BCUT2D eigenvalue weighted by molar-refractivity contribution is -0.0433. The molecule has 0 bridgehead atoms. The SMILES string of the molecule is Cc1ncc2c(n1)n(C1CCC(F)(F)CC1)c1nccn21. The zero-order valence-corrected chi connectivity index (χ0v) is 11.6. The zero-order chi connectivity index (χ0) is 14.6. The fourth-order valence-electron chi connectivity index (χ4n) is 3.17. The van der Waals surface area contributed by atoms with Crippen LogP contribution in [0.4, 0.5) is 8.78 Å². The largest absolute Gasteiger partial charge is 0.291 e. The van der Waals surface area contributed by atoms with Crippen molar-refractivity contribution >= 4 is 16.9 Å². The first-order chi connectivity index (χ1) is 10.1. The van der Waals surface area contributed by atoms with Crippen molar-refractivity contribution in [2.24, 2.45) is 0 Å². The number of aromatic nitrogens is 5. The van der Waals surface area contributed by atoms with E-state index in [1.807, 2.05) is 22.1 Å². The van der Waals surface area contributed by atoms with E-state index in [-0.39, 0.29) is 18.9 Å². The standard InChI is InChI=1S/C14H15F2N5/c1-9-18-8-11-12(19-9)21(13-17-6-7-20(11)13)10-2-4-14(15,16)5-3-10/h6-8,10H,2-5H2,1H3. The third-order valence-corrected chi connectivity index (χ3v) is 4.25. The number of aryl methyl sites for hydroxylation is 1. The molecule has 0 amide bonds. The number of nitrogens with zero attached hydrogens (tertiary/aromatic N) is 5. The Morgan fingerprint density at radius 1 is 1.24 bits per heavy atom. The maximum atomic E-state index is 13.4. The molecule has 0 aromatic carbocycles. The lowest BCUT2D eigenvalue weighted by atomic mass is 9.92. The van der Waals surface area contributed by atoms with Crippen LogP contribution in [0.5, 0.6) is 0 Å². The van der Waals surface area contributed by atoms with Gasteiger partial charge in [-0.05, 0) is 19.8 Å². The van der Waals surface area contributed by atoms with Gasteiger partial charge < -0.3 is 0 Å². The number of alkyl halides is 2. The summed E-state index contributed by atoms with van der Waals surface area (Å²) in [4.78, 5) is 13.1. The fourth-order valence-corrected chi connectivity index (χ4v) is 3.17. The second kappa shape index (κ2) is 4.22. The predicted octanol–water partition coefficient (Wildman–Crippen LogP) is 3.14. The first kappa shape index (κ1) is 12.7. The molecule has 1 aliphatic carbocycles. The molecule has 3 aromatic heterocycles. The highest BCUT2D eigenvalue weighted by Crippen LogP contribution is 2.40. The normalized spacial score (nSPS) is 19.6. The molecule has 1 saturated carbocycles. The molecule has 110 valence electrons. The molecule has 0 aliphatic heterocycles. The van der Waals surface area contributed by atoms with Crippen LogP contribution in [0.2, 0.25) is 0 Å². The Bertz CT molecular complexity index is 809. The minimum absolute atomic E-state index is 0.0151. The van der Waals surface area contributed by atoms with Crippen LogP contribution >= 0.6 is 0 Å². The van der Waals surface area contributed by atoms with Crippen molar-refractivity contribution in [2.75, 3.05) is 0 Å². The van der Waals surface area contributed by atoms with E-state index in [1.165, 1.54) is 0 Å². The minimum Gasteiger partial charge on any atom is -0.291 e. The number of hydrogen-bond donors (Lipinski definition) is 0. The van der Waals surface area contributed by atoms with E-state index in [0.29, 0.717) is 18.7 Å². The summed E-state index contributed by atoms with van der Waals surface area (Å²) in [5.41, 5.74) is 1.64. The van der Waals surface area contributed by atoms with Gasteiger partial charge in [-0.15, -0.1) is 0 Å². The summed E-state index contributed by atoms with van der Waals surface area (Å²) >= 11 is 0. The van der Waals surface area contributed by atoms with Crippen LogP contribution in [-0.2, 0) is 0 Å². The highest BCUT2D eigenvalue weighted by molar-refractivity contribution is 5.76. The van der Waals surface area contributed by atoms with Crippen LogP contribution in [0.1, 0.15) is 37.5 Å². The zero-order valence-electron chi connectivity index (χ0n) is 11.6. The lowest BCUT2D eigenvalue weighted by Crippen LogP contribution is -2.26. The molecule has 0 N–H and O–H groups in total. The molecule has 4 rings (SSSR count). The van der Waals surface area contributed by atoms with E-state index in [2.05, 4.69) is 15.0 Å². The summed E-state index contributed by atoms with van der Waals surface area (Å²) in [6.45, 7) is 1.83. The highest BCUT2D eigenvalue weighted by atomic mass is 19.3. The average Bonchev–Trinajstić information content (AvgIpc) is 2.99. The minimum atomic E-state index is -2.53. The monoisotopic (exact) mass is 291 g/mol. The van der Waals surface area contributed by atoms with Gasteiger partial charge in [0.2, 0.25) is 11.7 Å². The fraction of sp³-hybridized carbons (Fsp3) is 0.500. The number of fused-ring (bicyclic) bond motifs is 3. The van der Waals surface area contributed by atoms with Gasteiger partial charge in [0.15, 0.2) is 5.65 Å². The topological polar surface area (TPSA) is 48.0 Å². The van der Waals surface area contributed by atoms with Gasteiger partial charge in [0.1, 0.15) is 11.3 Å². The molecule has 1 fully saturated rings. The van der Waals surface area contributed by atoms with Crippen molar-refractivity contribution in [3.8, 4) is 0 Å². The van der Waals surface area contributed by atoms with Crippen molar-refractivity contribution in [2.45, 2.75) is 44.6 Å². The van der Waals surface area contributed by atoms with Crippen LogP contribution < -0.4 is 0 Å². The lowest BCUT2D eigenvalue weighted by Gasteiger charge is -2.29. The van der Waals surface area contributed by atoms with Crippen molar-refractivity contribution in [3.05, 3.63) is 24.4 Å². The second-order valence-electron chi connectivity index (χ2n) is 5.68. The molecule has 3 aromatic rings. The molecule has 1 aliphatic rings. The molecule has 0 spiro atoms. The quantitative estimate of drug-likeness (QED) is 0.692. The predicted molar refractivity (Wildman–Crippen MR) is 73.5 cm³/mol. The molecule has 0 unspecified atom stereocenters. The summed E-state index contributed by atoms with van der Waals surface area (Å²) in [5, 5.41) is 0. The van der Waals surface area contributed by atoms with Crippen LogP contribution in [0.25, 0.3) is 16.9 Å². The van der Waals surface area contributed by atoms with E-state index in [4.69, 9.17) is 0 Å². The van der Waals surface area contributed by atoms with Crippen molar-refractivity contribution < 1.29 is 8.78 Å². The van der Waals surface area contributed by atoms with Crippen molar-refractivity contribution in [1.82, 2.24) is 23.9 Å². The maximum absolute atomic E-state index is 13.4. The van der Waals surface area contributed by atoms with Crippen LogP contribution in [-0.4, -0.2) is 29.8 Å². The number of imidazole rings is 2. The summed E-state index contributed by atoms with van der Waals surface area (Å²) in [6, 6.07) is 0.0151. The summed E-state index contributed by atoms with van der Waals surface area (Å²) in [5.74, 6) is -1.11. The second-order valence-corrected chi connectivity index (χ2v) is 5.68. The highest BCUT2D eigenvalue weighted by Gasteiger charge is 2.36. The summed E-state index contributed by atoms with van der Waals surface area (Å²) < 4.78 is 30.7. The van der Waals surface area contributed by atoms with Crippen LogP contribution in [0.15, 0.2) is 18.6 Å². The van der Waals surface area contributed by atoms with Crippen molar-refractivity contribution in [3.63, 3.8) is 0 Å². The molecular formula is C14H15F2N5. The maximum Gasteiger partial charge on any atom is 0.248 e. The van der Waals surface area contributed by atoms with Gasteiger partial charge in [-0.1, -0.05) is 0 Å². The van der Waals surface area contributed by atoms with E-state index in [0.717, 1.165) is 16.9 Å². The molecule has 0 saturated heterocycles. The summed E-state index contributed by atoms with van der Waals surface area (Å²) in [6.07, 6.45) is 6.07. The molecule has 5 nitrogen and oxygen atoms in total. The molecular weight excluding hydrogens is 276 g/mol. The Kier molecular flexibility index (Phi) is 2.55. The van der Waals surface area contributed by atoms with Crippen molar-refractivity contribution in [1.29, 1.82) is 0 Å². The van der Waals surface area contributed by atoms with Gasteiger partial charge in [-0.25, -0.2) is 23.7 Å². The summed E-state index contributed by atoms with van der Waals surface area (Å²) in [7, 11) is 0. The van der Waals surface area contributed by atoms with E-state index >= 15 is 0 Å². The van der Waals surface area contributed by atoms with Crippen LogP contribution in [0.3, 0.4) is 0 Å². The molecule has 0 radical (unpaired) electrons. The molecule has 7 heteroatoms. The van der Waals surface area contributed by atoms with Crippen LogP contribution in [0, 0.1) is 6.92 Å². The average molecular weight is 291 g/mol. The number of rotatable bonds is 1. The Hall–Kier alpha value is -2.05. The van der Waals surface area contributed by atoms with Gasteiger partial charge in [0, 0.05) is 31.3 Å². The smallest absolute Gasteiger partial charge is 0.248 e. The van der Waals surface area contributed by atoms with E-state index in [9.17, 15) is 8.78 Å². The number of halogens is 2. The Balaban J connectivity index is 1.89. The van der Waals surface area contributed by atoms with Gasteiger partial charge in [0.05, 0.1) is 6.20 Å².